The molecule has 0 saturated carbocycles. The summed E-state index contributed by atoms with van der Waals surface area (Å²) in [6.45, 7) is 11.5. The lowest BCUT2D eigenvalue weighted by atomic mass is 9.82. The lowest BCUT2D eigenvalue weighted by Crippen LogP contribution is -2.37. The number of halogens is 2. The van der Waals surface area contributed by atoms with Crippen LogP contribution in [0.15, 0.2) is 66.9 Å². The number of aryl methyl sites for hydroxylation is 1. The summed E-state index contributed by atoms with van der Waals surface area (Å²) in [6, 6.07) is 6.05. The first-order chi connectivity index (χ1) is 25.8. The summed E-state index contributed by atoms with van der Waals surface area (Å²) in [4.78, 5) is 19.4. The van der Waals surface area contributed by atoms with Gasteiger partial charge in [-0.15, -0.1) is 11.3 Å². The highest BCUT2D eigenvalue weighted by atomic mass is 32.1. The van der Waals surface area contributed by atoms with Gasteiger partial charge in [-0.25, -0.2) is 8.78 Å². The third kappa shape index (κ3) is 7.58. The Labute approximate surface area is 311 Å². The van der Waals surface area contributed by atoms with E-state index in [1.807, 2.05) is 68.2 Å². The van der Waals surface area contributed by atoms with Gasteiger partial charge in [0, 0.05) is 52.9 Å². The molecule has 276 valence electrons. The lowest BCUT2D eigenvalue weighted by molar-refractivity contribution is -0.127. The standard InChI is InChI=1S/C38H36F2N6O4S.C2H6/c1-4-33(48)45-11-12-46-26(21-45)19-30(43-46)34-23(2)22-50-32-18-25(39)17-28(40)35(32)36-37(34)42-29(27-10-16-51-38(27)36)8-7-24-20-41-44(3)31(24)9-15-49-14-6-5-13-47;1-2/h4-10,15-20,23,34,47H,1,11-14,21-22H2,2-3H3;1-2H3/b6-5+,8-7+,15-9+;. The second kappa shape index (κ2) is 16.5. The molecule has 0 spiro atoms. The van der Waals surface area contributed by atoms with Crippen molar-refractivity contribution < 1.29 is 28.2 Å². The molecule has 53 heavy (non-hydrogen) atoms. The van der Waals surface area contributed by atoms with Gasteiger partial charge in [-0.1, -0.05) is 33.4 Å². The van der Waals surface area contributed by atoms with E-state index in [2.05, 4.69) is 11.7 Å². The average molecular weight is 741 g/mol. The number of rotatable bonds is 9. The van der Waals surface area contributed by atoms with Crippen LogP contribution in [-0.2, 0) is 29.7 Å². The highest BCUT2D eigenvalue weighted by Crippen LogP contribution is 2.48. The molecule has 1 aromatic carbocycles. The first-order valence-electron chi connectivity index (χ1n) is 17.5. The summed E-state index contributed by atoms with van der Waals surface area (Å²) in [5.74, 6) is -2.09. The monoisotopic (exact) mass is 740 g/mol. The smallest absolute Gasteiger partial charge is 0.246 e. The van der Waals surface area contributed by atoms with E-state index in [-0.39, 0.29) is 36.4 Å². The fourth-order valence-corrected chi connectivity index (χ4v) is 7.64. The molecule has 4 aromatic heterocycles. The van der Waals surface area contributed by atoms with Gasteiger partial charge in [0.2, 0.25) is 5.91 Å². The van der Waals surface area contributed by atoms with Gasteiger partial charge in [-0.2, -0.15) is 10.2 Å². The summed E-state index contributed by atoms with van der Waals surface area (Å²) < 4.78 is 46.7. The first kappa shape index (κ1) is 37.4. The van der Waals surface area contributed by atoms with Crippen LogP contribution in [-0.4, -0.2) is 66.8 Å². The molecule has 2 aliphatic rings. The van der Waals surface area contributed by atoms with Crippen LogP contribution in [0.25, 0.3) is 39.4 Å². The van der Waals surface area contributed by atoms with E-state index in [4.69, 9.17) is 24.7 Å². The number of nitrogens with zero attached hydrogens (tertiary/aromatic N) is 6. The number of amides is 1. The van der Waals surface area contributed by atoms with Crippen LogP contribution in [0.4, 0.5) is 8.78 Å². The molecule has 6 heterocycles. The Hall–Kier alpha value is -5.40. The number of carbonyl (C=O) groups excluding carboxylic acids is 1. The van der Waals surface area contributed by atoms with Gasteiger partial charge < -0.3 is 19.5 Å². The van der Waals surface area contributed by atoms with Crippen molar-refractivity contribution in [2.24, 2.45) is 13.0 Å². The molecule has 2 unspecified atom stereocenters. The molecule has 0 bridgehead atoms. The van der Waals surface area contributed by atoms with Crippen LogP contribution < -0.4 is 4.74 Å². The number of benzene rings is 1. The number of aliphatic hydroxyl groups excluding tert-OH is 1. The zero-order chi connectivity index (χ0) is 37.6. The molecular formula is C40H42F2N6O4S. The molecular weight excluding hydrogens is 699 g/mol. The van der Waals surface area contributed by atoms with Crippen molar-refractivity contribution in [1.82, 2.24) is 29.4 Å². The predicted octanol–water partition coefficient (Wildman–Crippen LogP) is 7.59. The number of fused-ring (bicyclic) bond motifs is 6. The molecule has 0 aliphatic carbocycles. The van der Waals surface area contributed by atoms with Crippen LogP contribution in [0.2, 0.25) is 0 Å². The van der Waals surface area contributed by atoms with Crippen molar-refractivity contribution >= 4 is 45.6 Å². The molecule has 1 N–H and O–H groups in total. The number of pyridine rings is 1. The van der Waals surface area contributed by atoms with Crippen LogP contribution in [0.1, 0.15) is 60.7 Å². The van der Waals surface area contributed by atoms with Crippen molar-refractivity contribution in [3.05, 3.63) is 113 Å². The Morgan fingerprint density at radius 3 is 2.77 bits per heavy atom. The number of aromatic nitrogens is 5. The fourth-order valence-electron chi connectivity index (χ4n) is 6.67. The van der Waals surface area contributed by atoms with E-state index in [0.717, 1.165) is 38.8 Å². The minimum atomic E-state index is -0.733. The zero-order valence-corrected chi connectivity index (χ0v) is 30.9. The predicted molar refractivity (Wildman–Crippen MR) is 204 cm³/mol. The van der Waals surface area contributed by atoms with E-state index in [0.29, 0.717) is 43.2 Å². The summed E-state index contributed by atoms with van der Waals surface area (Å²) in [5, 5.41) is 21.1. The summed E-state index contributed by atoms with van der Waals surface area (Å²) in [6.07, 6.45) is 13.6. The van der Waals surface area contributed by atoms with Crippen molar-refractivity contribution in [2.45, 2.75) is 39.8 Å². The van der Waals surface area contributed by atoms with E-state index in [1.54, 1.807) is 34.2 Å². The Morgan fingerprint density at radius 2 is 1.98 bits per heavy atom. The molecule has 0 saturated heterocycles. The highest BCUT2D eigenvalue weighted by molar-refractivity contribution is 7.17. The molecule has 13 heteroatoms. The topological polar surface area (TPSA) is 108 Å². The van der Waals surface area contributed by atoms with Crippen molar-refractivity contribution in [2.75, 3.05) is 26.4 Å². The van der Waals surface area contributed by atoms with E-state index >= 15 is 4.39 Å². The summed E-state index contributed by atoms with van der Waals surface area (Å²) >= 11 is 1.45. The van der Waals surface area contributed by atoms with Crippen LogP contribution in [0.3, 0.4) is 0 Å². The molecule has 2 aliphatic heterocycles. The lowest BCUT2D eigenvalue weighted by Gasteiger charge is -2.29. The van der Waals surface area contributed by atoms with Gasteiger partial charge in [0.25, 0.3) is 0 Å². The largest absolute Gasteiger partial charge is 0.497 e. The van der Waals surface area contributed by atoms with Gasteiger partial charge in [-0.05, 0) is 47.9 Å². The van der Waals surface area contributed by atoms with Crippen LogP contribution >= 0.6 is 11.3 Å². The van der Waals surface area contributed by atoms with Gasteiger partial charge in [0.15, 0.2) is 0 Å². The normalized spacial score (nSPS) is 16.8. The van der Waals surface area contributed by atoms with Gasteiger partial charge in [-0.3, -0.25) is 19.1 Å². The number of carbonyl (C=O) groups is 1. The molecule has 10 nitrogen and oxygen atoms in total. The molecule has 2 atom stereocenters. The molecule has 1 amide bonds. The fraction of sp³-hybridized carbons (Fsp3) is 0.300. The first-order valence-corrected chi connectivity index (χ1v) is 18.4. The minimum absolute atomic E-state index is 0.0490. The minimum Gasteiger partial charge on any atom is -0.497 e. The zero-order valence-electron chi connectivity index (χ0n) is 30.1. The second-order valence-corrected chi connectivity index (χ2v) is 13.3. The molecule has 5 aromatic rings. The van der Waals surface area contributed by atoms with Crippen molar-refractivity contribution in [3.63, 3.8) is 0 Å². The van der Waals surface area contributed by atoms with Crippen LogP contribution in [0, 0.1) is 17.6 Å². The van der Waals surface area contributed by atoms with Crippen molar-refractivity contribution in [1.29, 1.82) is 0 Å². The number of ether oxygens (including phenoxy) is 2. The maximum absolute atomic E-state index is 16.0. The number of hydrogen-bond acceptors (Lipinski definition) is 8. The second-order valence-electron chi connectivity index (χ2n) is 12.4. The summed E-state index contributed by atoms with van der Waals surface area (Å²) in [5.41, 5.74) is 5.23. The molecule has 0 radical (unpaired) electrons. The average Bonchev–Trinajstić information content (AvgIpc) is 3.90. The number of aliphatic hydroxyl groups is 1. The SMILES string of the molecule is C=CC(=O)N1CCn2nc(C3c4nc(/C=C/c5cnn(C)c5/C=C/OC/C=C/CO)c5ccsc5c4-c4c(F)cc(F)cc4OCC3C)cc2C1.CC. The van der Waals surface area contributed by atoms with Crippen molar-refractivity contribution in [3.8, 4) is 16.9 Å². The molecule has 0 fully saturated rings. The Morgan fingerprint density at radius 1 is 1.15 bits per heavy atom. The third-order valence-corrected chi connectivity index (χ3v) is 10.1. The quantitative estimate of drug-likeness (QED) is 0.0719. The van der Waals surface area contributed by atoms with E-state index in [9.17, 15) is 9.18 Å². The van der Waals surface area contributed by atoms with E-state index in [1.165, 1.54) is 23.5 Å². The van der Waals surface area contributed by atoms with Gasteiger partial charge >= 0.3 is 0 Å². The number of hydrogen-bond donors (Lipinski definition) is 1. The van der Waals surface area contributed by atoms with Gasteiger partial charge in [0.1, 0.15) is 24.0 Å². The maximum Gasteiger partial charge on any atom is 0.246 e. The molecule has 7 rings (SSSR count). The summed E-state index contributed by atoms with van der Waals surface area (Å²) in [7, 11) is 1.84. The number of thiophene rings is 1. The van der Waals surface area contributed by atoms with Crippen LogP contribution in [0.5, 0.6) is 5.75 Å². The third-order valence-electron chi connectivity index (χ3n) is 9.14. The van der Waals surface area contributed by atoms with E-state index < -0.39 is 17.6 Å². The Bertz CT molecular complexity index is 2220. The Balaban J connectivity index is 0.00000236. The highest BCUT2D eigenvalue weighted by Gasteiger charge is 2.36. The maximum atomic E-state index is 16.0. The Kier molecular flexibility index (Phi) is 11.6. The van der Waals surface area contributed by atoms with Gasteiger partial charge in [0.05, 0.1) is 78.7 Å².